The minimum atomic E-state index is -3.64. The van der Waals surface area contributed by atoms with Gasteiger partial charge in [-0.2, -0.15) is 14.6 Å². The molecule has 0 bridgehead atoms. The molecule has 2 aromatic heterocycles. The van der Waals surface area contributed by atoms with Crippen LogP contribution < -0.4 is 10.1 Å². The molecule has 0 aliphatic carbocycles. The molecule has 9 nitrogen and oxygen atoms in total. The summed E-state index contributed by atoms with van der Waals surface area (Å²) in [7, 11) is -2.07. The minimum Gasteiger partial charge on any atom is -0.497 e. The number of sulfonamides is 1. The Balaban J connectivity index is 1.64. The van der Waals surface area contributed by atoms with Crippen molar-refractivity contribution >= 4 is 21.6 Å². The molecule has 156 valence electrons. The normalized spacial score (nSPS) is 14.6. The van der Waals surface area contributed by atoms with Crippen LogP contribution in [0.15, 0.2) is 44.1 Å². The lowest BCUT2D eigenvalue weighted by molar-refractivity contribution is 0.415. The molecule has 1 aliphatic rings. The summed E-state index contributed by atoms with van der Waals surface area (Å²) in [6.45, 7) is 2.57. The number of nitrogens with one attached hydrogen (secondary N) is 1. The first kappa shape index (κ1) is 20.0. The maximum Gasteiger partial charge on any atom is 0.266 e. The van der Waals surface area contributed by atoms with Crippen LogP contribution in [0.25, 0.3) is 11.7 Å². The SMILES string of the molecule is COc1ccc(Nc2oc(-c3cc(S(=O)(=O)N4CCCC4)c(C)o3)nc2C#N)cc1. The number of hydrogen-bond acceptors (Lipinski definition) is 8. The van der Waals surface area contributed by atoms with Crippen molar-refractivity contribution < 1.29 is 22.0 Å². The van der Waals surface area contributed by atoms with E-state index >= 15 is 0 Å². The van der Waals surface area contributed by atoms with E-state index in [0.29, 0.717) is 24.5 Å². The van der Waals surface area contributed by atoms with Crippen LogP contribution in [-0.2, 0) is 10.0 Å². The third kappa shape index (κ3) is 3.65. The fourth-order valence-electron chi connectivity index (χ4n) is 3.29. The number of hydrogen-bond donors (Lipinski definition) is 1. The van der Waals surface area contributed by atoms with E-state index in [1.807, 2.05) is 6.07 Å². The van der Waals surface area contributed by atoms with Gasteiger partial charge in [-0.25, -0.2) is 8.42 Å². The Labute approximate surface area is 173 Å². The Morgan fingerprint density at radius 2 is 1.90 bits per heavy atom. The highest BCUT2D eigenvalue weighted by Crippen LogP contribution is 2.33. The predicted molar refractivity (Wildman–Crippen MR) is 108 cm³/mol. The molecule has 1 N–H and O–H groups in total. The first-order valence-electron chi connectivity index (χ1n) is 9.35. The third-order valence-corrected chi connectivity index (χ3v) is 6.85. The molecule has 3 aromatic rings. The van der Waals surface area contributed by atoms with Crippen LogP contribution in [0.2, 0.25) is 0 Å². The lowest BCUT2D eigenvalue weighted by Crippen LogP contribution is -2.27. The van der Waals surface area contributed by atoms with Gasteiger partial charge in [0.2, 0.25) is 21.6 Å². The predicted octanol–water partition coefficient (Wildman–Crippen LogP) is 3.65. The molecule has 1 saturated heterocycles. The molecule has 0 atom stereocenters. The van der Waals surface area contributed by atoms with Crippen LogP contribution in [0.1, 0.15) is 24.3 Å². The topological polar surface area (TPSA) is 122 Å². The van der Waals surface area contributed by atoms with Gasteiger partial charge in [0.25, 0.3) is 5.89 Å². The van der Waals surface area contributed by atoms with E-state index in [2.05, 4.69) is 10.3 Å². The van der Waals surface area contributed by atoms with Crippen molar-refractivity contribution in [1.82, 2.24) is 9.29 Å². The number of benzene rings is 1. The molecule has 0 saturated carbocycles. The number of aryl methyl sites for hydroxylation is 1. The number of oxazole rings is 1. The lowest BCUT2D eigenvalue weighted by atomic mass is 10.3. The number of ether oxygens (including phenoxy) is 1. The second kappa shape index (κ2) is 7.85. The van der Waals surface area contributed by atoms with Crippen LogP contribution in [0.3, 0.4) is 0 Å². The summed E-state index contributed by atoms with van der Waals surface area (Å²) >= 11 is 0. The number of nitriles is 1. The molecule has 1 fully saturated rings. The Morgan fingerprint density at radius 3 is 2.53 bits per heavy atom. The molecule has 30 heavy (non-hydrogen) atoms. The monoisotopic (exact) mass is 428 g/mol. The Morgan fingerprint density at radius 1 is 1.20 bits per heavy atom. The van der Waals surface area contributed by atoms with Gasteiger partial charge in [0.05, 0.1) is 7.11 Å². The average molecular weight is 428 g/mol. The highest BCUT2D eigenvalue weighted by atomic mass is 32.2. The van der Waals surface area contributed by atoms with E-state index in [1.165, 1.54) is 10.4 Å². The summed E-state index contributed by atoms with van der Waals surface area (Å²) in [6.07, 6.45) is 1.68. The average Bonchev–Trinajstić information content (AvgIpc) is 3.48. The zero-order chi connectivity index (χ0) is 21.3. The number of methoxy groups -OCH3 is 1. The van der Waals surface area contributed by atoms with Gasteiger partial charge in [0.15, 0.2) is 5.76 Å². The second-order valence-electron chi connectivity index (χ2n) is 6.80. The van der Waals surface area contributed by atoms with Gasteiger partial charge in [-0.3, -0.25) is 0 Å². The molecule has 10 heteroatoms. The van der Waals surface area contributed by atoms with Crippen LogP contribution in [0.5, 0.6) is 5.75 Å². The number of anilines is 2. The van der Waals surface area contributed by atoms with Gasteiger partial charge in [-0.15, -0.1) is 0 Å². The van der Waals surface area contributed by atoms with E-state index in [9.17, 15) is 13.7 Å². The van der Waals surface area contributed by atoms with Crippen molar-refractivity contribution in [2.24, 2.45) is 0 Å². The maximum absolute atomic E-state index is 12.9. The third-order valence-electron chi connectivity index (χ3n) is 4.85. The summed E-state index contributed by atoms with van der Waals surface area (Å²) in [5.41, 5.74) is 0.696. The first-order chi connectivity index (χ1) is 14.4. The second-order valence-corrected chi connectivity index (χ2v) is 8.71. The number of nitrogens with zero attached hydrogens (tertiary/aromatic N) is 3. The number of furan rings is 1. The van der Waals surface area contributed by atoms with Crippen LogP contribution >= 0.6 is 0 Å². The smallest absolute Gasteiger partial charge is 0.266 e. The van der Waals surface area contributed by atoms with Gasteiger partial charge >= 0.3 is 0 Å². The van der Waals surface area contributed by atoms with Crippen molar-refractivity contribution in [3.63, 3.8) is 0 Å². The Hall–Kier alpha value is -3.29. The lowest BCUT2D eigenvalue weighted by Gasteiger charge is -2.14. The van der Waals surface area contributed by atoms with E-state index < -0.39 is 10.0 Å². The molecule has 0 spiro atoms. The Bertz CT molecular complexity index is 1200. The van der Waals surface area contributed by atoms with Crippen LogP contribution in [0, 0.1) is 18.3 Å². The molecular weight excluding hydrogens is 408 g/mol. The minimum absolute atomic E-state index is 0.0218. The number of aromatic nitrogens is 1. The quantitative estimate of drug-likeness (QED) is 0.631. The zero-order valence-corrected chi connectivity index (χ0v) is 17.3. The molecule has 1 aromatic carbocycles. The van der Waals surface area contributed by atoms with Gasteiger partial charge in [0, 0.05) is 24.8 Å². The standard InChI is InChI=1S/C20H20N4O5S/c1-13-18(30(25,26)24-9-3-4-10-24)11-17(28-13)20-23-16(12-21)19(29-20)22-14-5-7-15(27-2)8-6-14/h5-8,11,22H,3-4,9-10H2,1-2H3. The van der Waals surface area contributed by atoms with Gasteiger partial charge < -0.3 is 18.9 Å². The van der Waals surface area contributed by atoms with Crippen molar-refractivity contribution in [1.29, 1.82) is 5.26 Å². The van der Waals surface area contributed by atoms with E-state index in [1.54, 1.807) is 38.3 Å². The highest BCUT2D eigenvalue weighted by Gasteiger charge is 2.32. The Kier molecular flexibility index (Phi) is 5.24. The highest BCUT2D eigenvalue weighted by molar-refractivity contribution is 7.89. The summed E-state index contributed by atoms with van der Waals surface area (Å²) < 4.78 is 43.6. The summed E-state index contributed by atoms with van der Waals surface area (Å²) in [5, 5.41) is 12.4. The van der Waals surface area contributed by atoms with Crippen molar-refractivity contribution in [3.05, 3.63) is 41.8 Å². The van der Waals surface area contributed by atoms with Gasteiger partial charge in [0.1, 0.15) is 22.5 Å². The fraction of sp³-hybridized carbons (Fsp3) is 0.300. The van der Waals surface area contributed by atoms with Gasteiger partial charge in [-0.05, 0) is 44.0 Å². The van der Waals surface area contributed by atoms with Gasteiger partial charge in [-0.1, -0.05) is 0 Å². The first-order valence-corrected chi connectivity index (χ1v) is 10.8. The fourth-order valence-corrected chi connectivity index (χ4v) is 4.96. The van der Waals surface area contributed by atoms with Crippen molar-refractivity contribution in [3.8, 4) is 23.5 Å². The summed E-state index contributed by atoms with van der Waals surface area (Å²) in [5.74, 6) is 1.24. The summed E-state index contributed by atoms with van der Waals surface area (Å²) in [4.78, 5) is 4.23. The molecule has 3 heterocycles. The molecule has 4 rings (SSSR count). The number of rotatable bonds is 6. The molecule has 1 aliphatic heterocycles. The summed E-state index contributed by atoms with van der Waals surface area (Å²) in [6, 6.07) is 10.4. The molecule has 0 radical (unpaired) electrons. The van der Waals surface area contributed by atoms with Crippen LogP contribution in [0.4, 0.5) is 11.6 Å². The molecular formula is C20H20N4O5S. The van der Waals surface area contributed by atoms with Crippen molar-refractivity contribution in [2.75, 3.05) is 25.5 Å². The molecule has 0 unspecified atom stereocenters. The molecule has 0 amide bonds. The van der Waals surface area contributed by atoms with Crippen molar-refractivity contribution in [2.45, 2.75) is 24.7 Å². The van der Waals surface area contributed by atoms with E-state index in [-0.39, 0.29) is 33.9 Å². The largest absolute Gasteiger partial charge is 0.497 e. The van der Waals surface area contributed by atoms with Crippen LogP contribution in [-0.4, -0.2) is 37.9 Å². The maximum atomic E-state index is 12.9. The zero-order valence-electron chi connectivity index (χ0n) is 16.5. The van der Waals surface area contributed by atoms with E-state index in [4.69, 9.17) is 13.6 Å². The van der Waals surface area contributed by atoms with E-state index in [0.717, 1.165) is 12.8 Å².